The van der Waals surface area contributed by atoms with E-state index in [2.05, 4.69) is 26.8 Å². The predicted molar refractivity (Wildman–Crippen MR) is 324 cm³/mol. The molecule has 31 atom stereocenters. The number of carboxylic acids is 1. The molecule has 1 aromatic carbocycles. The first-order valence-electron chi connectivity index (χ1n) is 32.8. The molecule has 95 heavy (non-hydrogen) atoms. The van der Waals surface area contributed by atoms with Crippen molar-refractivity contribution in [1.29, 1.82) is 0 Å². The third kappa shape index (κ3) is 12.6. The van der Waals surface area contributed by atoms with E-state index in [1.54, 1.807) is 32.9 Å². The van der Waals surface area contributed by atoms with Gasteiger partial charge in [0.2, 0.25) is 0 Å². The molecule has 4 aliphatic heterocycles. The van der Waals surface area contributed by atoms with Crippen LogP contribution in [0.2, 0.25) is 0 Å². The topological polar surface area (TPSA) is 444 Å². The van der Waals surface area contributed by atoms with E-state index in [1.807, 2.05) is 44.2 Å². The highest BCUT2D eigenvalue weighted by atomic mass is 16.8. The van der Waals surface area contributed by atoms with E-state index in [4.69, 9.17) is 47.4 Å². The molecule has 3 unspecified atom stereocenters. The van der Waals surface area contributed by atoms with Crippen LogP contribution in [0.3, 0.4) is 0 Å². The number of benzene rings is 1. The van der Waals surface area contributed by atoms with Crippen molar-refractivity contribution in [2.45, 2.75) is 241 Å². The van der Waals surface area contributed by atoms with Gasteiger partial charge in [-0.15, -0.1) is 0 Å². The normalized spacial score (nSPS) is 48.2. The first-order chi connectivity index (χ1) is 44.8. The molecule has 8 fully saturated rings. The Kier molecular flexibility index (Phi) is 21.6. The molecule has 4 saturated carbocycles. The number of aliphatic hydroxyl groups is 13. The van der Waals surface area contributed by atoms with Crippen molar-refractivity contribution in [1.82, 2.24) is 0 Å². The summed E-state index contributed by atoms with van der Waals surface area (Å²) in [5.74, 6) is -4.56. The molecule has 0 radical (unpaired) electrons. The third-order valence-corrected chi connectivity index (χ3v) is 23.8. The number of esters is 2. The number of allylic oxidation sites excluding steroid dienone is 3. The summed E-state index contributed by atoms with van der Waals surface area (Å²) < 4.78 is 61.3. The average molecular weight is 1350 g/mol. The van der Waals surface area contributed by atoms with Crippen LogP contribution in [0.15, 0.2) is 59.7 Å². The average Bonchev–Trinajstić information content (AvgIpc) is 0.669. The van der Waals surface area contributed by atoms with Crippen molar-refractivity contribution >= 4 is 30.3 Å². The number of carbonyl (C=O) groups excluding carboxylic acids is 3. The Balaban J connectivity index is 0.985. The van der Waals surface area contributed by atoms with Crippen molar-refractivity contribution in [3.63, 3.8) is 0 Å². The van der Waals surface area contributed by atoms with E-state index in [1.165, 1.54) is 6.08 Å². The van der Waals surface area contributed by atoms with Crippen molar-refractivity contribution in [3.05, 3.63) is 65.3 Å². The lowest BCUT2D eigenvalue weighted by molar-refractivity contribution is -0.404. The molecule has 0 aromatic heterocycles. The van der Waals surface area contributed by atoms with E-state index in [-0.39, 0.29) is 18.8 Å². The molecule has 0 spiro atoms. The molecule has 0 amide bonds. The van der Waals surface area contributed by atoms with Gasteiger partial charge >= 0.3 is 17.9 Å². The summed E-state index contributed by atoms with van der Waals surface area (Å²) in [6.07, 6.45) is -33.5. The fourth-order valence-corrected chi connectivity index (χ4v) is 18.0. The number of carbonyl (C=O) groups is 4. The molecule has 4 heterocycles. The van der Waals surface area contributed by atoms with Gasteiger partial charge in [0.25, 0.3) is 0 Å². The minimum atomic E-state index is -2.36. The lowest BCUT2D eigenvalue weighted by Gasteiger charge is -2.72. The first-order valence-corrected chi connectivity index (χ1v) is 32.8. The minimum Gasteiger partial charge on any atom is -0.479 e. The summed E-state index contributed by atoms with van der Waals surface area (Å²) in [5, 5.41) is 156. The van der Waals surface area contributed by atoms with E-state index in [9.17, 15) is 90.7 Å². The number of hydrogen-bond acceptors (Lipinski definition) is 27. The summed E-state index contributed by atoms with van der Waals surface area (Å²) in [6, 6.07) is 9.08. The smallest absolute Gasteiger partial charge is 0.335 e. The number of hydrogen-bond donors (Lipinski definition) is 14. The van der Waals surface area contributed by atoms with Crippen molar-refractivity contribution in [2.24, 2.45) is 50.2 Å². The van der Waals surface area contributed by atoms with Crippen LogP contribution in [0.5, 0.6) is 0 Å². The zero-order valence-electron chi connectivity index (χ0n) is 54.5. The Morgan fingerprint density at radius 1 is 0.653 bits per heavy atom. The largest absolute Gasteiger partial charge is 0.479 e. The van der Waals surface area contributed by atoms with Crippen LogP contribution in [-0.4, -0.2) is 263 Å². The number of rotatable bonds is 18. The highest BCUT2D eigenvalue weighted by molar-refractivity contribution is 5.88. The molecule has 0 bridgehead atoms. The lowest BCUT2D eigenvalue weighted by Crippen LogP contribution is -2.72. The molecule has 532 valence electrons. The van der Waals surface area contributed by atoms with E-state index < -0.39 is 230 Å². The monoisotopic (exact) mass is 1350 g/mol. The Hall–Kier alpha value is -4.32. The number of aliphatic hydroxyl groups excluding tert-OH is 13. The van der Waals surface area contributed by atoms with Crippen molar-refractivity contribution in [2.75, 3.05) is 26.4 Å². The molecule has 14 N–H and O–H groups in total. The summed E-state index contributed by atoms with van der Waals surface area (Å²) in [5.41, 5.74) is -4.13. The second-order valence-electron chi connectivity index (χ2n) is 29.3. The van der Waals surface area contributed by atoms with Crippen LogP contribution in [0.4, 0.5) is 0 Å². The second kappa shape index (κ2) is 28.0. The van der Waals surface area contributed by atoms with Crippen LogP contribution < -0.4 is 0 Å². The summed E-state index contributed by atoms with van der Waals surface area (Å²) in [7, 11) is 0. The van der Waals surface area contributed by atoms with Crippen LogP contribution in [0, 0.1) is 50.2 Å². The highest BCUT2D eigenvalue weighted by Gasteiger charge is 2.74. The quantitative estimate of drug-likeness (QED) is 0.0277. The summed E-state index contributed by atoms with van der Waals surface area (Å²) >= 11 is 0. The van der Waals surface area contributed by atoms with Gasteiger partial charge in [-0.2, -0.15) is 0 Å². The van der Waals surface area contributed by atoms with E-state index >= 15 is 0 Å². The van der Waals surface area contributed by atoms with Gasteiger partial charge in [-0.25, -0.2) is 14.4 Å². The van der Waals surface area contributed by atoms with Gasteiger partial charge < -0.3 is 124 Å². The first kappa shape index (κ1) is 73.4. The zero-order valence-corrected chi connectivity index (χ0v) is 54.5. The maximum absolute atomic E-state index is 14.3. The Labute approximate surface area is 549 Å². The number of aliphatic carboxylic acids is 1. The highest BCUT2D eigenvalue weighted by Crippen LogP contribution is 2.76. The second-order valence-corrected chi connectivity index (χ2v) is 29.3. The van der Waals surface area contributed by atoms with Gasteiger partial charge in [-0.1, -0.05) is 89.6 Å². The molecule has 28 nitrogen and oxygen atoms in total. The third-order valence-electron chi connectivity index (χ3n) is 23.8. The molecular weight excluding hydrogens is 1250 g/mol. The fourth-order valence-electron chi connectivity index (χ4n) is 18.0. The molecule has 10 rings (SSSR count). The molecular formula is C67H96O28. The minimum absolute atomic E-state index is 0.0698. The standard InChI is InChI=1S/C67H96O28/c1-9-30(2)57(85)95-54-55(90-41(74)18-15-31-13-11-10-12-14-31)67(29-71)33(23-62(54,3)4)32-16-17-38-63(5)21-20-40(64(6,28-70)37(63)19-22-65(38,7)66(32,8)24-39(67)73)89-61-53(94-59-48(81)45(78)43(76)35(25-68)87-59)50(49(82)51(92-61)56(83)84)91-60-52(46(79)44(77)36(26-69)88-60)93-58-47(80)42(75)34(72)27-86-58/h9-16,18,28,33-40,42-55,58-61,68-69,71-73,75-82H,17,19-27,29H2,1-8H3,(H,83,84)/b18-15+,30-9-/t33?,34-,35-,36-,37?,38?,39-,40+,42+,43+,44+,45+,46+,47-,48-,49+,50+,51+,52-,53-,54+,55+,58+,59+,60+,61-,63+,64+,65-,66-,67+/m1/s1. The molecule has 9 aliphatic rings. The summed E-state index contributed by atoms with van der Waals surface area (Å²) in [4.78, 5) is 55.5. The number of carboxylic acid groups (broad SMARTS) is 1. The number of aldehydes is 1. The SMILES string of the molecule is C/C=C(/C)C(=O)O[C@H]1[C@H](OC(=O)/C=C/c2ccccc2)[C@@]2(CO)C(CC1(C)C)C1=CCC3[C@@]4(C)CC[C@H](O[C@@H]5O[C@H](C(=O)O)[C@@H](O)[C@H](O[C@@H]6O[C@H](CO)[C@H](O)[C@H](O)[C@H]6O[C@@H]6OC[C@@H](O)[C@H](O)[C@H]6O)[C@H]5O[C@@H]5O[C@H](CO)[C@H](O)[C@H](O)[C@H]5O)[C@@](C)(C=O)C4CC[C@@]3(C)[C@]1(C)C[C@H]2O. The van der Waals surface area contributed by atoms with Crippen molar-refractivity contribution < 1.29 is 138 Å². The maximum atomic E-state index is 14.3. The van der Waals surface area contributed by atoms with Gasteiger partial charge in [0, 0.05) is 17.1 Å². The van der Waals surface area contributed by atoms with E-state index in [0.717, 1.165) is 17.4 Å². The Bertz CT molecular complexity index is 3000. The van der Waals surface area contributed by atoms with Crippen LogP contribution in [0.25, 0.3) is 6.08 Å². The van der Waals surface area contributed by atoms with Gasteiger partial charge in [-0.05, 0) is 104 Å². The van der Waals surface area contributed by atoms with Crippen LogP contribution >= 0.6 is 0 Å². The number of ether oxygens (including phenoxy) is 10. The summed E-state index contributed by atoms with van der Waals surface area (Å²) in [6.45, 7) is 12.1. The van der Waals surface area contributed by atoms with Gasteiger partial charge in [0.1, 0.15) is 97.8 Å². The van der Waals surface area contributed by atoms with Crippen LogP contribution in [-0.2, 0) is 66.5 Å². The maximum Gasteiger partial charge on any atom is 0.335 e. The lowest BCUT2D eigenvalue weighted by atomic mass is 9.33. The van der Waals surface area contributed by atoms with Gasteiger partial charge in [-0.3, -0.25) is 0 Å². The van der Waals surface area contributed by atoms with Crippen molar-refractivity contribution in [3.8, 4) is 0 Å². The number of fused-ring (bicyclic) bond motifs is 7. The Morgan fingerprint density at radius 3 is 1.91 bits per heavy atom. The molecule has 5 aliphatic carbocycles. The molecule has 4 saturated heterocycles. The van der Waals surface area contributed by atoms with Gasteiger partial charge in [0.05, 0.1) is 49.5 Å². The Morgan fingerprint density at radius 2 is 1.27 bits per heavy atom. The van der Waals surface area contributed by atoms with Gasteiger partial charge in [0.15, 0.2) is 37.4 Å². The van der Waals surface area contributed by atoms with E-state index in [0.29, 0.717) is 37.7 Å². The molecule has 1 aromatic rings. The zero-order chi connectivity index (χ0) is 69.4. The molecule has 28 heteroatoms. The predicted octanol–water partition coefficient (Wildman–Crippen LogP) is -0.958. The fraction of sp³-hybridized carbons (Fsp3) is 0.761. The van der Waals surface area contributed by atoms with Crippen LogP contribution in [0.1, 0.15) is 106 Å².